The molecule has 3 rings (SSSR count). The molecule has 1 heterocycles. The summed E-state index contributed by atoms with van der Waals surface area (Å²) in [5, 5.41) is 13.8. The number of fused-ring (bicyclic) bond motifs is 1. The first kappa shape index (κ1) is 16.0. The van der Waals surface area contributed by atoms with E-state index in [0.29, 0.717) is 0 Å². The molecule has 0 spiro atoms. The highest BCUT2D eigenvalue weighted by molar-refractivity contribution is 5.94. The molecule has 0 bridgehead atoms. The van der Waals surface area contributed by atoms with Crippen LogP contribution in [0.1, 0.15) is 18.4 Å². The first-order valence-corrected chi connectivity index (χ1v) is 8.00. The fourth-order valence-corrected chi connectivity index (χ4v) is 2.99. The monoisotopic (exact) mass is 325 g/mol. The van der Waals surface area contributed by atoms with E-state index in [1.807, 2.05) is 35.2 Å². The van der Waals surface area contributed by atoms with Gasteiger partial charge in [0.15, 0.2) is 0 Å². The molecule has 6 heteroatoms. The lowest BCUT2D eigenvalue weighted by atomic mass is 10.1. The number of nitrogens with zero attached hydrogens (tertiary/aromatic N) is 2. The van der Waals surface area contributed by atoms with Gasteiger partial charge >= 0.3 is 0 Å². The van der Waals surface area contributed by atoms with Crippen molar-refractivity contribution in [2.45, 2.75) is 19.3 Å². The Morgan fingerprint density at radius 1 is 1.17 bits per heavy atom. The number of hydrogen-bond acceptors (Lipinski definition) is 4. The lowest BCUT2D eigenvalue weighted by molar-refractivity contribution is -0.384. The third-order valence-electron chi connectivity index (χ3n) is 4.13. The number of nitrogens with one attached hydrogen (secondary N) is 1. The number of aryl methyl sites for hydroxylation is 1. The maximum atomic E-state index is 12.3. The Bertz CT molecular complexity index is 746. The summed E-state index contributed by atoms with van der Waals surface area (Å²) in [5.41, 5.74) is 2.72. The first-order valence-electron chi connectivity index (χ1n) is 8.00. The number of hydrogen-bond donors (Lipinski definition) is 1. The van der Waals surface area contributed by atoms with Gasteiger partial charge in [-0.2, -0.15) is 0 Å². The summed E-state index contributed by atoms with van der Waals surface area (Å²) in [6, 6.07) is 14.2. The Balaban J connectivity index is 1.76. The Labute approximate surface area is 140 Å². The van der Waals surface area contributed by atoms with Gasteiger partial charge in [-0.05, 0) is 43.0 Å². The van der Waals surface area contributed by atoms with Crippen LogP contribution >= 0.6 is 0 Å². The van der Waals surface area contributed by atoms with Crippen molar-refractivity contribution in [3.05, 3.63) is 64.2 Å². The number of carbonyl (C=O) groups excluding carboxylic acids is 1. The van der Waals surface area contributed by atoms with Crippen LogP contribution in [0, 0.1) is 10.1 Å². The lowest BCUT2D eigenvalue weighted by Crippen LogP contribution is -2.34. The number of benzene rings is 2. The van der Waals surface area contributed by atoms with Gasteiger partial charge in [0.05, 0.1) is 11.5 Å². The number of nitro groups is 1. The van der Waals surface area contributed by atoms with Crippen molar-refractivity contribution in [2.24, 2.45) is 0 Å². The third-order valence-corrected chi connectivity index (χ3v) is 4.13. The number of para-hydroxylation sites is 1. The minimum absolute atomic E-state index is 0.0904. The second-order valence-corrected chi connectivity index (χ2v) is 5.86. The molecule has 6 nitrogen and oxygen atoms in total. The normalized spacial score (nSPS) is 13.8. The van der Waals surface area contributed by atoms with E-state index in [4.69, 9.17) is 0 Å². The van der Waals surface area contributed by atoms with Gasteiger partial charge in [0.25, 0.3) is 5.69 Å². The van der Waals surface area contributed by atoms with E-state index in [2.05, 4.69) is 5.32 Å². The van der Waals surface area contributed by atoms with Gasteiger partial charge < -0.3 is 10.2 Å². The predicted octanol–water partition coefficient (Wildman–Crippen LogP) is 3.38. The molecule has 0 radical (unpaired) electrons. The van der Waals surface area contributed by atoms with Crippen LogP contribution in [-0.2, 0) is 11.2 Å². The van der Waals surface area contributed by atoms with Crippen LogP contribution in [0.4, 0.5) is 17.1 Å². The van der Waals surface area contributed by atoms with Crippen LogP contribution in [0.25, 0.3) is 0 Å². The van der Waals surface area contributed by atoms with Crippen LogP contribution in [0.3, 0.4) is 0 Å². The highest BCUT2D eigenvalue weighted by Gasteiger charge is 2.20. The van der Waals surface area contributed by atoms with Gasteiger partial charge in [-0.25, -0.2) is 0 Å². The summed E-state index contributed by atoms with van der Waals surface area (Å²) in [6.07, 6.45) is 2.72. The molecule has 0 aromatic heterocycles. The summed E-state index contributed by atoms with van der Waals surface area (Å²) < 4.78 is 0. The molecule has 2 aromatic rings. The van der Waals surface area contributed by atoms with E-state index in [1.165, 1.54) is 6.07 Å². The van der Waals surface area contributed by atoms with Crippen molar-refractivity contribution in [3.63, 3.8) is 0 Å². The largest absolute Gasteiger partial charge is 0.362 e. The molecular formula is C18H19N3O3. The van der Waals surface area contributed by atoms with Crippen molar-refractivity contribution in [1.82, 2.24) is 0 Å². The van der Waals surface area contributed by atoms with Crippen LogP contribution in [0.5, 0.6) is 0 Å². The summed E-state index contributed by atoms with van der Waals surface area (Å²) in [7, 11) is 0. The van der Waals surface area contributed by atoms with Gasteiger partial charge in [0.1, 0.15) is 0 Å². The van der Waals surface area contributed by atoms with Crippen LogP contribution in [0.2, 0.25) is 0 Å². The molecule has 0 atom stereocenters. The van der Waals surface area contributed by atoms with E-state index >= 15 is 0 Å². The summed E-state index contributed by atoms with van der Waals surface area (Å²) in [5.74, 6) is -0.0904. The molecule has 1 aliphatic rings. The number of carbonyl (C=O) groups is 1. The quantitative estimate of drug-likeness (QED) is 0.691. The fourth-order valence-electron chi connectivity index (χ4n) is 2.99. The zero-order chi connectivity index (χ0) is 16.9. The summed E-state index contributed by atoms with van der Waals surface area (Å²) in [4.78, 5) is 24.9. The Kier molecular flexibility index (Phi) is 4.74. The minimum Gasteiger partial charge on any atom is -0.362 e. The second-order valence-electron chi connectivity index (χ2n) is 5.86. The van der Waals surface area contributed by atoms with E-state index in [9.17, 15) is 14.9 Å². The summed E-state index contributed by atoms with van der Waals surface area (Å²) in [6.45, 7) is 1.01. The van der Waals surface area contributed by atoms with Crippen LogP contribution in [-0.4, -0.2) is 23.9 Å². The topological polar surface area (TPSA) is 75.5 Å². The average molecular weight is 325 g/mol. The van der Waals surface area contributed by atoms with Crippen molar-refractivity contribution in [1.29, 1.82) is 0 Å². The van der Waals surface area contributed by atoms with Crippen molar-refractivity contribution in [3.8, 4) is 0 Å². The molecule has 124 valence electrons. The van der Waals surface area contributed by atoms with Gasteiger partial charge in [-0.1, -0.05) is 18.2 Å². The zero-order valence-corrected chi connectivity index (χ0v) is 13.3. The SMILES string of the molecule is O=C(CN1CCCCc2cc([N+](=O)[O-])ccc21)Nc1ccccc1. The standard InChI is InChI=1S/C18H19N3O3/c22-18(19-15-7-2-1-3-8-15)13-20-11-5-4-6-14-12-16(21(23)24)9-10-17(14)20/h1-3,7-10,12H,4-6,11,13H2,(H,19,22). The van der Waals surface area contributed by atoms with E-state index < -0.39 is 0 Å². The smallest absolute Gasteiger partial charge is 0.269 e. The molecule has 0 aliphatic carbocycles. The third kappa shape index (κ3) is 3.71. The molecule has 2 aromatic carbocycles. The average Bonchev–Trinajstić information content (AvgIpc) is 2.77. The number of anilines is 2. The van der Waals surface area contributed by atoms with Crippen molar-refractivity contribution < 1.29 is 9.72 Å². The number of rotatable bonds is 4. The highest BCUT2D eigenvalue weighted by atomic mass is 16.6. The van der Waals surface area contributed by atoms with Gasteiger partial charge in [-0.3, -0.25) is 14.9 Å². The van der Waals surface area contributed by atoms with Crippen molar-refractivity contribution >= 4 is 23.0 Å². The lowest BCUT2D eigenvalue weighted by Gasteiger charge is -2.24. The van der Waals surface area contributed by atoms with Gasteiger partial charge in [-0.15, -0.1) is 0 Å². The molecule has 0 unspecified atom stereocenters. The summed E-state index contributed by atoms with van der Waals surface area (Å²) >= 11 is 0. The Morgan fingerprint density at radius 2 is 1.96 bits per heavy atom. The fraction of sp³-hybridized carbons (Fsp3) is 0.278. The van der Waals surface area contributed by atoms with Crippen LogP contribution < -0.4 is 10.2 Å². The van der Waals surface area contributed by atoms with Gasteiger partial charge in [0, 0.05) is 30.1 Å². The maximum Gasteiger partial charge on any atom is 0.269 e. The first-order chi connectivity index (χ1) is 11.6. The molecule has 1 N–H and O–H groups in total. The number of amides is 1. The van der Waals surface area contributed by atoms with Gasteiger partial charge in [0.2, 0.25) is 5.91 Å². The van der Waals surface area contributed by atoms with E-state index in [-0.39, 0.29) is 23.1 Å². The Morgan fingerprint density at radius 3 is 2.71 bits per heavy atom. The molecule has 1 aliphatic heterocycles. The maximum absolute atomic E-state index is 12.3. The molecule has 0 fully saturated rings. The second kappa shape index (κ2) is 7.12. The molecular weight excluding hydrogens is 306 g/mol. The molecule has 24 heavy (non-hydrogen) atoms. The molecule has 1 amide bonds. The highest BCUT2D eigenvalue weighted by Crippen LogP contribution is 2.29. The number of nitro benzene ring substituents is 1. The predicted molar refractivity (Wildman–Crippen MR) is 93.3 cm³/mol. The zero-order valence-electron chi connectivity index (χ0n) is 13.3. The van der Waals surface area contributed by atoms with Crippen molar-refractivity contribution in [2.75, 3.05) is 23.3 Å². The molecule has 0 saturated heterocycles. The van der Waals surface area contributed by atoms with E-state index in [1.54, 1.807) is 12.1 Å². The molecule has 0 saturated carbocycles. The number of non-ortho nitro benzene ring substituents is 1. The Hall–Kier alpha value is -2.89. The van der Waals surface area contributed by atoms with E-state index in [0.717, 1.165) is 42.7 Å². The minimum atomic E-state index is -0.377. The van der Waals surface area contributed by atoms with Crippen LogP contribution in [0.15, 0.2) is 48.5 Å².